The zero-order valence-corrected chi connectivity index (χ0v) is 8.27. The quantitative estimate of drug-likeness (QED) is 0.644. The van der Waals surface area contributed by atoms with Gasteiger partial charge in [0.15, 0.2) is 0 Å². The number of hydrogen-bond acceptors (Lipinski definition) is 1. The van der Waals surface area contributed by atoms with Gasteiger partial charge >= 0.3 is 0 Å². The predicted octanol–water partition coefficient (Wildman–Crippen LogP) is 3.10. The van der Waals surface area contributed by atoms with Crippen LogP contribution >= 0.6 is 0 Å². The summed E-state index contributed by atoms with van der Waals surface area (Å²) in [4.78, 5) is 0. The van der Waals surface area contributed by atoms with Crippen LogP contribution in [0.3, 0.4) is 0 Å². The van der Waals surface area contributed by atoms with Crippen LogP contribution in [0.1, 0.15) is 26.7 Å². The van der Waals surface area contributed by atoms with Crippen molar-refractivity contribution >= 4 is 5.70 Å². The van der Waals surface area contributed by atoms with E-state index in [1.807, 2.05) is 16.9 Å². The van der Waals surface area contributed by atoms with Gasteiger partial charge in [0.25, 0.3) is 0 Å². The summed E-state index contributed by atoms with van der Waals surface area (Å²) in [7, 11) is 0. The van der Waals surface area contributed by atoms with Crippen LogP contribution in [-0.4, -0.2) is 9.78 Å². The van der Waals surface area contributed by atoms with E-state index < -0.39 is 0 Å². The summed E-state index contributed by atoms with van der Waals surface area (Å²) in [5, 5.41) is 4.19. The number of allylic oxidation sites excluding steroid dienone is 4. The number of aromatic nitrogens is 2. The van der Waals surface area contributed by atoms with Crippen molar-refractivity contribution in [2.24, 2.45) is 0 Å². The Morgan fingerprint density at radius 1 is 1.38 bits per heavy atom. The van der Waals surface area contributed by atoms with Gasteiger partial charge in [-0.1, -0.05) is 26.0 Å². The monoisotopic (exact) mass is 176 g/mol. The lowest BCUT2D eigenvalue weighted by atomic mass is 10.3. The van der Waals surface area contributed by atoms with E-state index in [0.29, 0.717) is 0 Å². The molecule has 0 N–H and O–H groups in total. The summed E-state index contributed by atoms with van der Waals surface area (Å²) >= 11 is 0. The average molecular weight is 176 g/mol. The van der Waals surface area contributed by atoms with Crippen LogP contribution in [-0.2, 0) is 0 Å². The van der Waals surface area contributed by atoms with Crippen molar-refractivity contribution in [3.8, 4) is 0 Å². The zero-order chi connectivity index (χ0) is 9.52. The molecule has 0 aliphatic carbocycles. The first-order chi connectivity index (χ1) is 6.38. The molecule has 0 spiro atoms. The predicted molar refractivity (Wildman–Crippen MR) is 56.2 cm³/mol. The summed E-state index contributed by atoms with van der Waals surface area (Å²) in [6, 6.07) is 1.93. The molecule has 0 bridgehead atoms. The molecule has 1 rings (SSSR count). The first-order valence-corrected chi connectivity index (χ1v) is 4.75. The van der Waals surface area contributed by atoms with Gasteiger partial charge in [-0.05, 0) is 25.0 Å². The van der Waals surface area contributed by atoms with E-state index in [0.717, 1.165) is 18.5 Å². The Bertz CT molecular complexity index is 281. The molecular formula is C11H16N2. The van der Waals surface area contributed by atoms with E-state index in [-0.39, 0.29) is 0 Å². The minimum absolute atomic E-state index is 1.03. The maximum Gasteiger partial charge on any atom is 0.0602 e. The van der Waals surface area contributed by atoms with Crippen molar-refractivity contribution in [1.29, 1.82) is 0 Å². The Hall–Kier alpha value is -1.31. The molecule has 2 nitrogen and oxygen atoms in total. The number of rotatable bonds is 4. The summed E-state index contributed by atoms with van der Waals surface area (Å²) in [6.07, 6.45) is 12.3. The van der Waals surface area contributed by atoms with E-state index in [2.05, 4.69) is 37.2 Å². The molecule has 0 saturated carbocycles. The summed E-state index contributed by atoms with van der Waals surface area (Å²) < 4.78 is 1.88. The molecule has 1 aromatic heterocycles. The fourth-order valence-electron chi connectivity index (χ4n) is 1.11. The van der Waals surface area contributed by atoms with Gasteiger partial charge in [0.2, 0.25) is 0 Å². The third kappa shape index (κ3) is 2.90. The van der Waals surface area contributed by atoms with Crippen molar-refractivity contribution in [3.05, 3.63) is 36.7 Å². The van der Waals surface area contributed by atoms with Crippen LogP contribution in [0.4, 0.5) is 0 Å². The van der Waals surface area contributed by atoms with Gasteiger partial charge in [-0.3, -0.25) is 0 Å². The Kier molecular flexibility index (Phi) is 4.03. The van der Waals surface area contributed by atoms with Gasteiger partial charge in [-0.2, -0.15) is 5.10 Å². The van der Waals surface area contributed by atoms with Gasteiger partial charge in [0, 0.05) is 12.4 Å². The molecule has 0 saturated heterocycles. The fraction of sp³-hybridized carbons (Fsp3) is 0.364. The van der Waals surface area contributed by atoms with Crippen molar-refractivity contribution in [1.82, 2.24) is 9.78 Å². The first-order valence-electron chi connectivity index (χ1n) is 4.75. The highest BCUT2D eigenvalue weighted by Gasteiger charge is 1.93. The molecule has 2 heteroatoms. The van der Waals surface area contributed by atoms with Crippen LogP contribution in [0.15, 0.2) is 36.7 Å². The highest BCUT2D eigenvalue weighted by atomic mass is 15.3. The van der Waals surface area contributed by atoms with Crippen LogP contribution in [0.25, 0.3) is 5.70 Å². The van der Waals surface area contributed by atoms with Crippen molar-refractivity contribution in [2.75, 3.05) is 0 Å². The average Bonchev–Trinajstić information content (AvgIpc) is 2.65. The van der Waals surface area contributed by atoms with Crippen LogP contribution in [0, 0.1) is 0 Å². The minimum Gasteiger partial charge on any atom is -0.241 e. The van der Waals surface area contributed by atoms with Gasteiger partial charge in [-0.15, -0.1) is 0 Å². The molecule has 0 amide bonds. The van der Waals surface area contributed by atoms with E-state index in [1.165, 1.54) is 0 Å². The topological polar surface area (TPSA) is 17.8 Å². The molecule has 70 valence electrons. The second-order valence-corrected chi connectivity index (χ2v) is 2.80. The minimum atomic E-state index is 1.03. The Labute approximate surface area is 79.6 Å². The van der Waals surface area contributed by atoms with E-state index in [4.69, 9.17) is 0 Å². The molecule has 1 aromatic rings. The lowest BCUT2D eigenvalue weighted by Gasteiger charge is -2.00. The molecule has 13 heavy (non-hydrogen) atoms. The standard InChI is InChI=1S/C11H16N2/c1-3-5-8-11(7-4-2)13-10-6-9-12-13/h5-10H,3-4H2,1-2H3/b8-5-,11-7+. The highest BCUT2D eigenvalue weighted by Crippen LogP contribution is 2.06. The van der Waals surface area contributed by atoms with Crippen LogP contribution in [0.2, 0.25) is 0 Å². The largest absolute Gasteiger partial charge is 0.241 e. The van der Waals surface area contributed by atoms with Gasteiger partial charge < -0.3 is 0 Å². The third-order valence-electron chi connectivity index (χ3n) is 1.71. The van der Waals surface area contributed by atoms with Crippen LogP contribution in [0.5, 0.6) is 0 Å². The second-order valence-electron chi connectivity index (χ2n) is 2.80. The van der Waals surface area contributed by atoms with Gasteiger partial charge in [-0.25, -0.2) is 4.68 Å². The highest BCUT2D eigenvalue weighted by molar-refractivity contribution is 5.55. The molecule has 0 radical (unpaired) electrons. The zero-order valence-electron chi connectivity index (χ0n) is 8.27. The molecule has 1 heterocycles. The molecule has 0 unspecified atom stereocenters. The van der Waals surface area contributed by atoms with E-state index in [1.54, 1.807) is 6.20 Å². The first kappa shape index (κ1) is 9.78. The summed E-state index contributed by atoms with van der Waals surface area (Å²) in [6.45, 7) is 4.26. The lowest BCUT2D eigenvalue weighted by molar-refractivity contribution is 0.903. The van der Waals surface area contributed by atoms with Crippen molar-refractivity contribution < 1.29 is 0 Å². The summed E-state index contributed by atoms with van der Waals surface area (Å²) in [5.41, 5.74) is 1.15. The Balaban J connectivity index is 2.81. The molecule has 0 fully saturated rings. The van der Waals surface area contributed by atoms with E-state index in [9.17, 15) is 0 Å². The molecule has 0 aliphatic heterocycles. The maximum absolute atomic E-state index is 4.19. The fourth-order valence-corrected chi connectivity index (χ4v) is 1.11. The lowest BCUT2D eigenvalue weighted by Crippen LogP contribution is -1.94. The van der Waals surface area contributed by atoms with Crippen molar-refractivity contribution in [2.45, 2.75) is 26.7 Å². The molecule has 0 aromatic carbocycles. The smallest absolute Gasteiger partial charge is 0.0602 e. The van der Waals surface area contributed by atoms with Gasteiger partial charge in [0.05, 0.1) is 5.70 Å². The number of nitrogens with zero attached hydrogens (tertiary/aromatic N) is 2. The molecular weight excluding hydrogens is 160 g/mol. The Morgan fingerprint density at radius 3 is 2.77 bits per heavy atom. The maximum atomic E-state index is 4.19. The van der Waals surface area contributed by atoms with Gasteiger partial charge in [0.1, 0.15) is 0 Å². The second kappa shape index (κ2) is 5.36. The Morgan fingerprint density at radius 2 is 2.23 bits per heavy atom. The molecule has 0 atom stereocenters. The van der Waals surface area contributed by atoms with Crippen LogP contribution < -0.4 is 0 Å². The van der Waals surface area contributed by atoms with E-state index >= 15 is 0 Å². The third-order valence-corrected chi connectivity index (χ3v) is 1.71. The molecule has 0 aliphatic rings. The SMILES string of the molecule is CC/C=C\C(=C/CC)n1cccn1. The van der Waals surface area contributed by atoms with Crippen molar-refractivity contribution in [3.63, 3.8) is 0 Å². The number of hydrogen-bond donors (Lipinski definition) is 0. The normalized spacial score (nSPS) is 12.6. The summed E-state index contributed by atoms with van der Waals surface area (Å²) in [5.74, 6) is 0.